The van der Waals surface area contributed by atoms with Crippen LogP contribution in [0, 0.1) is 0 Å². The number of nitrogens with zero attached hydrogens (tertiary/aromatic N) is 2. The molecule has 0 saturated carbocycles. The Bertz CT molecular complexity index is 688. The SMILES string of the molecule is O=C(c1cccs1)N1CC[C@H](Oc2cc(C(F)(F)F)ccn2)C1. The predicted molar refractivity (Wildman–Crippen MR) is 78.5 cm³/mol. The van der Waals surface area contributed by atoms with E-state index in [4.69, 9.17) is 4.74 Å². The number of pyridine rings is 1. The van der Waals surface area contributed by atoms with Crippen molar-refractivity contribution in [2.45, 2.75) is 18.7 Å². The van der Waals surface area contributed by atoms with Crippen LogP contribution in [0.15, 0.2) is 35.8 Å². The standard InChI is InChI=1S/C15H13F3N2O2S/c16-15(17,18)10-3-5-19-13(8-10)22-11-4-6-20(9-11)14(21)12-2-1-7-23-12/h1-3,5,7-8,11H,4,6,9H2/t11-/m0/s1. The van der Waals surface area contributed by atoms with Gasteiger partial charge in [-0.3, -0.25) is 4.79 Å². The highest BCUT2D eigenvalue weighted by Crippen LogP contribution is 2.31. The molecule has 1 aliphatic rings. The minimum atomic E-state index is -4.43. The van der Waals surface area contributed by atoms with E-state index >= 15 is 0 Å². The van der Waals surface area contributed by atoms with E-state index in [1.54, 1.807) is 17.0 Å². The number of carbonyl (C=O) groups is 1. The lowest BCUT2D eigenvalue weighted by molar-refractivity contribution is -0.137. The average molecular weight is 342 g/mol. The zero-order chi connectivity index (χ0) is 16.4. The first-order chi connectivity index (χ1) is 10.9. The molecule has 0 unspecified atom stereocenters. The molecule has 0 bridgehead atoms. The largest absolute Gasteiger partial charge is 0.472 e. The molecule has 1 amide bonds. The summed E-state index contributed by atoms with van der Waals surface area (Å²) in [5.74, 6) is -0.154. The van der Waals surface area contributed by atoms with Crippen LogP contribution in [0.5, 0.6) is 5.88 Å². The molecule has 3 heterocycles. The summed E-state index contributed by atoms with van der Waals surface area (Å²) >= 11 is 1.36. The van der Waals surface area contributed by atoms with Gasteiger partial charge in [-0.25, -0.2) is 4.98 Å². The number of rotatable bonds is 3. The van der Waals surface area contributed by atoms with Gasteiger partial charge in [0.2, 0.25) is 5.88 Å². The normalized spacial score (nSPS) is 18.2. The molecule has 1 saturated heterocycles. The lowest BCUT2D eigenvalue weighted by atomic mass is 10.2. The molecule has 2 aromatic heterocycles. The first kappa shape index (κ1) is 15.8. The Kier molecular flexibility index (Phi) is 4.25. The van der Waals surface area contributed by atoms with Gasteiger partial charge in [-0.2, -0.15) is 13.2 Å². The van der Waals surface area contributed by atoms with Crippen molar-refractivity contribution in [3.05, 3.63) is 46.3 Å². The third-order valence-electron chi connectivity index (χ3n) is 3.51. The van der Waals surface area contributed by atoms with E-state index in [1.165, 1.54) is 11.3 Å². The summed E-state index contributed by atoms with van der Waals surface area (Å²) in [5.41, 5.74) is -0.799. The number of halogens is 3. The molecule has 0 aliphatic carbocycles. The average Bonchev–Trinajstić information content (AvgIpc) is 3.17. The number of hydrogen-bond acceptors (Lipinski definition) is 4. The number of likely N-dealkylation sites (tertiary alicyclic amines) is 1. The fraction of sp³-hybridized carbons (Fsp3) is 0.333. The van der Waals surface area contributed by atoms with Crippen molar-refractivity contribution < 1.29 is 22.7 Å². The van der Waals surface area contributed by atoms with E-state index in [0.29, 0.717) is 24.4 Å². The van der Waals surface area contributed by atoms with Gasteiger partial charge in [0.15, 0.2) is 0 Å². The molecule has 0 N–H and O–H groups in total. The first-order valence-electron chi connectivity index (χ1n) is 6.96. The van der Waals surface area contributed by atoms with Gasteiger partial charge in [-0.15, -0.1) is 11.3 Å². The summed E-state index contributed by atoms with van der Waals surface area (Å²) in [5, 5.41) is 1.82. The maximum atomic E-state index is 12.7. The summed E-state index contributed by atoms with van der Waals surface area (Å²) < 4.78 is 43.5. The van der Waals surface area contributed by atoms with Crippen LogP contribution in [0.2, 0.25) is 0 Å². The topological polar surface area (TPSA) is 42.4 Å². The smallest absolute Gasteiger partial charge is 0.416 e. The molecule has 1 aliphatic heterocycles. The van der Waals surface area contributed by atoms with E-state index in [2.05, 4.69) is 4.98 Å². The van der Waals surface area contributed by atoms with E-state index < -0.39 is 11.7 Å². The third-order valence-corrected chi connectivity index (χ3v) is 4.37. The molecule has 0 aromatic carbocycles. The van der Waals surface area contributed by atoms with Crippen molar-refractivity contribution in [3.63, 3.8) is 0 Å². The molecule has 8 heteroatoms. The monoisotopic (exact) mass is 342 g/mol. The second-order valence-corrected chi connectivity index (χ2v) is 6.09. The van der Waals surface area contributed by atoms with Crippen molar-refractivity contribution >= 4 is 17.2 Å². The van der Waals surface area contributed by atoms with Crippen LogP contribution in [0.4, 0.5) is 13.2 Å². The molecule has 4 nitrogen and oxygen atoms in total. The van der Waals surface area contributed by atoms with Crippen molar-refractivity contribution in [3.8, 4) is 5.88 Å². The van der Waals surface area contributed by atoms with Gasteiger partial charge in [0.1, 0.15) is 6.10 Å². The summed E-state index contributed by atoms with van der Waals surface area (Å²) in [6.45, 7) is 0.856. The fourth-order valence-corrected chi connectivity index (χ4v) is 3.08. The second-order valence-electron chi connectivity index (χ2n) is 5.14. The highest BCUT2D eigenvalue weighted by Gasteiger charge is 2.32. The van der Waals surface area contributed by atoms with E-state index in [1.807, 2.05) is 5.38 Å². The molecule has 1 atom stereocenters. The molecule has 3 rings (SSSR count). The zero-order valence-electron chi connectivity index (χ0n) is 11.9. The fourth-order valence-electron chi connectivity index (χ4n) is 2.39. The van der Waals surface area contributed by atoms with Gasteiger partial charge in [-0.05, 0) is 17.5 Å². The van der Waals surface area contributed by atoms with Crippen LogP contribution in [0.3, 0.4) is 0 Å². The number of thiophene rings is 1. The lowest BCUT2D eigenvalue weighted by Gasteiger charge is -2.16. The van der Waals surface area contributed by atoms with Gasteiger partial charge in [0, 0.05) is 25.2 Å². The molecular formula is C15H13F3N2O2S. The van der Waals surface area contributed by atoms with Crippen LogP contribution >= 0.6 is 11.3 Å². The Morgan fingerprint density at radius 3 is 2.91 bits per heavy atom. The molecule has 1 fully saturated rings. The van der Waals surface area contributed by atoms with E-state index in [9.17, 15) is 18.0 Å². The first-order valence-corrected chi connectivity index (χ1v) is 7.84. The number of ether oxygens (including phenoxy) is 1. The van der Waals surface area contributed by atoms with Crippen molar-refractivity contribution in [1.82, 2.24) is 9.88 Å². The lowest BCUT2D eigenvalue weighted by Crippen LogP contribution is -2.30. The molecule has 2 aromatic rings. The number of hydrogen-bond donors (Lipinski definition) is 0. The van der Waals surface area contributed by atoms with Gasteiger partial charge < -0.3 is 9.64 Å². The Morgan fingerprint density at radius 1 is 1.39 bits per heavy atom. The van der Waals surface area contributed by atoms with Crippen LogP contribution in [-0.2, 0) is 6.18 Å². The Labute approximate surface area is 134 Å². The Morgan fingerprint density at radius 2 is 2.22 bits per heavy atom. The highest BCUT2D eigenvalue weighted by atomic mass is 32.1. The van der Waals surface area contributed by atoms with Crippen molar-refractivity contribution in [2.75, 3.05) is 13.1 Å². The van der Waals surface area contributed by atoms with Crippen LogP contribution in [0.1, 0.15) is 21.7 Å². The summed E-state index contributed by atoms with van der Waals surface area (Å²) in [6.07, 6.45) is -3.15. The summed E-state index contributed by atoms with van der Waals surface area (Å²) in [4.78, 5) is 18.3. The maximum absolute atomic E-state index is 12.7. The molecule has 0 radical (unpaired) electrons. The molecule has 0 spiro atoms. The third kappa shape index (κ3) is 3.64. The van der Waals surface area contributed by atoms with Crippen LogP contribution in [0.25, 0.3) is 0 Å². The summed E-state index contributed by atoms with van der Waals surface area (Å²) in [6, 6.07) is 5.32. The quantitative estimate of drug-likeness (QED) is 0.858. The minimum Gasteiger partial charge on any atom is -0.472 e. The van der Waals surface area contributed by atoms with Crippen LogP contribution < -0.4 is 4.74 Å². The van der Waals surface area contributed by atoms with Crippen molar-refractivity contribution in [1.29, 1.82) is 0 Å². The number of alkyl halides is 3. The maximum Gasteiger partial charge on any atom is 0.416 e. The number of carbonyl (C=O) groups excluding carboxylic acids is 1. The van der Waals surface area contributed by atoms with Crippen LogP contribution in [-0.4, -0.2) is 35.0 Å². The van der Waals surface area contributed by atoms with Gasteiger partial charge in [0.05, 0.1) is 17.0 Å². The van der Waals surface area contributed by atoms with Gasteiger partial charge in [-0.1, -0.05) is 6.07 Å². The highest BCUT2D eigenvalue weighted by molar-refractivity contribution is 7.12. The van der Waals surface area contributed by atoms with Gasteiger partial charge >= 0.3 is 6.18 Å². The molecule has 23 heavy (non-hydrogen) atoms. The summed E-state index contributed by atoms with van der Waals surface area (Å²) in [7, 11) is 0. The van der Waals surface area contributed by atoms with E-state index in [-0.39, 0.29) is 17.9 Å². The van der Waals surface area contributed by atoms with E-state index in [0.717, 1.165) is 18.3 Å². The number of amides is 1. The van der Waals surface area contributed by atoms with Gasteiger partial charge in [0.25, 0.3) is 5.91 Å². The number of aromatic nitrogens is 1. The molecular weight excluding hydrogens is 329 g/mol. The Hall–Kier alpha value is -2.09. The predicted octanol–water partition coefficient (Wildman–Crippen LogP) is 3.46. The second kappa shape index (κ2) is 6.19. The minimum absolute atomic E-state index is 0.0738. The molecule has 122 valence electrons. The Balaban J connectivity index is 1.63. The van der Waals surface area contributed by atoms with Crippen molar-refractivity contribution in [2.24, 2.45) is 0 Å². The zero-order valence-corrected chi connectivity index (χ0v) is 12.7.